The molecule has 0 aliphatic rings. The van der Waals surface area contributed by atoms with Crippen LogP contribution < -0.4 is 10.9 Å². The van der Waals surface area contributed by atoms with Gasteiger partial charge in [0, 0.05) is 22.5 Å². The lowest BCUT2D eigenvalue weighted by atomic mass is 10.2. The van der Waals surface area contributed by atoms with E-state index in [0.29, 0.717) is 27.1 Å². The third kappa shape index (κ3) is 4.72. The third-order valence-corrected chi connectivity index (χ3v) is 5.70. The Bertz CT molecular complexity index is 983. The highest BCUT2D eigenvalue weighted by atomic mass is 35.5. The van der Waals surface area contributed by atoms with Crippen LogP contribution in [0.25, 0.3) is 0 Å². The molecule has 0 unspecified atom stereocenters. The molecule has 2 aromatic heterocycles. The summed E-state index contributed by atoms with van der Waals surface area (Å²) in [6, 6.07) is 6.43. The molecule has 1 aromatic carbocycles. The van der Waals surface area contributed by atoms with Crippen LogP contribution in [0.15, 0.2) is 40.0 Å². The van der Waals surface area contributed by atoms with Gasteiger partial charge < -0.3 is 4.52 Å². The van der Waals surface area contributed by atoms with E-state index in [-0.39, 0.29) is 16.0 Å². The van der Waals surface area contributed by atoms with Crippen molar-refractivity contribution in [1.29, 1.82) is 0 Å². The molecule has 28 heavy (non-hydrogen) atoms. The lowest BCUT2D eigenvalue weighted by Gasteiger charge is -2.13. The first-order chi connectivity index (χ1) is 13.4. The average molecular weight is 458 g/mol. The Morgan fingerprint density at radius 2 is 1.93 bits per heavy atom. The van der Waals surface area contributed by atoms with Gasteiger partial charge in [-0.3, -0.25) is 15.6 Å². The van der Waals surface area contributed by atoms with Crippen LogP contribution in [0.1, 0.15) is 27.4 Å². The van der Waals surface area contributed by atoms with E-state index in [1.165, 1.54) is 23.9 Å². The zero-order valence-corrected chi connectivity index (χ0v) is 17.9. The van der Waals surface area contributed by atoms with Crippen LogP contribution in [0.2, 0.25) is 15.1 Å². The lowest BCUT2D eigenvalue weighted by Crippen LogP contribution is -2.30. The number of anilines is 1. The van der Waals surface area contributed by atoms with Crippen molar-refractivity contribution in [1.82, 2.24) is 15.6 Å². The standard InChI is InChI=1S/C18H15Cl3N4O2S/c1-9-13(10(2)27-25-9)8-28-18-12(4-3-5-22-18)17(26)24-23-16-14(20)6-11(19)7-15(16)21/h3-7,23H,8H2,1-2H3,(H,24,26). The summed E-state index contributed by atoms with van der Waals surface area (Å²) in [6.07, 6.45) is 1.63. The zero-order chi connectivity index (χ0) is 20.3. The van der Waals surface area contributed by atoms with E-state index in [2.05, 4.69) is 21.0 Å². The Morgan fingerprint density at radius 1 is 1.21 bits per heavy atom. The number of carbonyl (C=O) groups is 1. The number of thioether (sulfide) groups is 1. The minimum atomic E-state index is -0.378. The monoisotopic (exact) mass is 456 g/mol. The largest absolute Gasteiger partial charge is 0.361 e. The van der Waals surface area contributed by atoms with Gasteiger partial charge in [-0.25, -0.2) is 4.98 Å². The summed E-state index contributed by atoms with van der Waals surface area (Å²) in [5.41, 5.74) is 7.90. The van der Waals surface area contributed by atoms with Crippen molar-refractivity contribution in [3.63, 3.8) is 0 Å². The Labute approximate surface area is 180 Å². The van der Waals surface area contributed by atoms with E-state index in [4.69, 9.17) is 39.3 Å². The van der Waals surface area contributed by atoms with Crippen LogP contribution in [0.4, 0.5) is 5.69 Å². The molecule has 0 radical (unpaired) electrons. The van der Waals surface area contributed by atoms with Crippen LogP contribution in [0.5, 0.6) is 0 Å². The van der Waals surface area contributed by atoms with E-state index >= 15 is 0 Å². The fourth-order valence-corrected chi connectivity index (χ4v) is 4.43. The smallest absolute Gasteiger partial charge is 0.272 e. The van der Waals surface area contributed by atoms with E-state index in [9.17, 15) is 4.79 Å². The number of hydrogen-bond acceptors (Lipinski definition) is 6. The summed E-state index contributed by atoms with van der Waals surface area (Å²) in [4.78, 5) is 17.0. The van der Waals surface area contributed by atoms with Crippen LogP contribution in [-0.4, -0.2) is 16.0 Å². The first kappa shape index (κ1) is 20.8. The molecule has 0 saturated heterocycles. The molecule has 1 amide bonds. The number of nitrogens with one attached hydrogen (secondary N) is 2. The molecule has 0 saturated carbocycles. The predicted octanol–water partition coefficient (Wildman–Crippen LogP) is 5.70. The maximum absolute atomic E-state index is 12.7. The molecule has 0 atom stereocenters. The molecule has 0 aliphatic heterocycles. The topological polar surface area (TPSA) is 80.0 Å². The van der Waals surface area contributed by atoms with Gasteiger partial charge >= 0.3 is 0 Å². The van der Waals surface area contributed by atoms with Gasteiger partial charge in [-0.1, -0.05) is 40.0 Å². The van der Waals surface area contributed by atoms with E-state index in [1.54, 1.807) is 18.3 Å². The second kappa shape index (κ2) is 9.05. The Hall–Kier alpha value is -1.93. The number of nitrogens with zero attached hydrogens (tertiary/aromatic N) is 2. The van der Waals surface area contributed by atoms with E-state index in [0.717, 1.165) is 17.0 Å². The first-order valence-corrected chi connectivity index (χ1v) is 10.2. The Morgan fingerprint density at radius 3 is 2.57 bits per heavy atom. The van der Waals surface area contributed by atoms with Crippen molar-refractivity contribution >= 4 is 58.2 Å². The number of benzene rings is 1. The number of hydrogen-bond donors (Lipinski definition) is 2. The van der Waals surface area contributed by atoms with Crippen molar-refractivity contribution in [3.8, 4) is 0 Å². The van der Waals surface area contributed by atoms with Gasteiger partial charge in [0.25, 0.3) is 5.91 Å². The quantitative estimate of drug-likeness (QED) is 0.365. The number of aromatic nitrogens is 2. The molecular formula is C18H15Cl3N4O2S. The molecule has 2 N–H and O–H groups in total. The molecule has 146 valence electrons. The number of halogens is 3. The highest BCUT2D eigenvalue weighted by Crippen LogP contribution is 2.33. The Kier molecular flexibility index (Phi) is 6.72. The maximum atomic E-state index is 12.7. The summed E-state index contributed by atoms with van der Waals surface area (Å²) < 4.78 is 5.17. The van der Waals surface area contributed by atoms with Gasteiger partial charge in [0.1, 0.15) is 10.8 Å². The van der Waals surface area contributed by atoms with Gasteiger partial charge in [-0.15, -0.1) is 11.8 Å². The van der Waals surface area contributed by atoms with Crippen LogP contribution in [0.3, 0.4) is 0 Å². The summed E-state index contributed by atoms with van der Waals surface area (Å²) in [6.45, 7) is 3.73. The molecule has 3 rings (SSSR count). The van der Waals surface area contributed by atoms with Crippen LogP contribution in [-0.2, 0) is 5.75 Å². The number of amides is 1. The van der Waals surface area contributed by atoms with Crippen molar-refractivity contribution in [3.05, 3.63) is 68.1 Å². The summed E-state index contributed by atoms with van der Waals surface area (Å²) in [7, 11) is 0. The molecule has 0 bridgehead atoms. The van der Waals surface area contributed by atoms with Gasteiger partial charge in [-0.2, -0.15) is 0 Å². The number of pyridine rings is 1. The fourth-order valence-electron chi connectivity index (χ4n) is 2.38. The van der Waals surface area contributed by atoms with E-state index < -0.39 is 0 Å². The second-order valence-electron chi connectivity index (χ2n) is 5.77. The molecule has 0 fully saturated rings. The third-order valence-electron chi connectivity index (χ3n) is 3.86. The molecular weight excluding hydrogens is 443 g/mol. The number of carbonyl (C=O) groups excluding carboxylic acids is 1. The zero-order valence-electron chi connectivity index (χ0n) is 14.8. The lowest BCUT2D eigenvalue weighted by molar-refractivity contribution is 0.0959. The molecule has 0 spiro atoms. The van der Waals surface area contributed by atoms with Crippen molar-refractivity contribution < 1.29 is 9.32 Å². The van der Waals surface area contributed by atoms with Gasteiger partial charge in [0.2, 0.25) is 0 Å². The summed E-state index contributed by atoms with van der Waals surface area (Å²) in [5.74, 6) is 0.956. The van der Waals surface area contributed by atoms with Crippen molar-refractivity contribution in [2.24, 2.45) is 0 Å². The normalized spacial score (nSPS) is 10.8. The number of rotatable bonds is 6. The average Bonchev–Trinajstić information content (AvgIpc) is 2.97. The SMILES string of the molecule is Cc1noc(C)c1CSc1ncccc1C(=O)NNc1c(Cl)cc(Cl)cc1Cl. The van der Waals surface area contributed by atoms with Crippen LogP contribution in [0, 0.1) is 13.8 Å². The predicted molar refractivity (Wildman–Crippen MR) is 112 cm³/mol. The molecule has 3 aromatic rings. The first-order valence-electron chi connectivity index (χ1n) is 8.07. The second-order valence-corrected chi connectivity index (χ2v) is 7.99. The van der Waals surface area contributed by atoms with Gasteiger partial charge in [0.15, 0.2) is 0 Å². The van der Waals surface area contributed by atoms with Crippen molar-refractivity contribution in [2.45, 2.75) is 24.6 Å². The molecule has 10 heteroatoms. The van der Waals surface area contributed by atoms with Gasteiger partial charge in [0.05, 0.1) is 27.0 Å². The highest BCUT2D eigenvalue weighted by molar-refractivity contribution is 7.98. The number of aryl methyl sites for hydroxylation is 2. The number of hydrazine groups is 1. The van der Waals surface area contributed by atoms with E-state index in [1.807, 2.05) is 13.8 Å². The molecule has 6 nitrogen and oxygen atoms in total. The van der Waals surface area contributed by atoms with Crippen molar-refractivity contribution in [2.75, 3.05) is 5.43 Å². The minimum Gasteiger partial charge on any atom is -0.361 e. The molecule has 0 aliphatic carbocycles. The highest BCUT2D eigenvalue weighted by Gasteiger charge is 2.16. The van der Waals surface area contributed by atoms with Crippen LogP contribution >= 0.6 is 46.6 Å². The minimum absolute atomic E-state index is 0.289. The maximum Gasteiger partial charge on any atom is 0.272 e. The fraction of sp³-hybridized carbons (Fsp3) is 0.167. The Balaban J connectivity index is 1.72. The summed E-state index contributed by atoms with van der Waals surface area (Å²) in [5, 5.41) is 5.50. The van der Waals surface area contributed by atoms with Gasteiger partial charge in [-0.05, 0) is 38.1 Å². The summed E-state index contributed by atoms with van der Waals surface area (Å²) >= 11 is 19.6. The molecule has 2 heterocycles.